The Hall–Kier alpha value is -0.780. The molecule has 15 heavy (non-hydrogen) atoms. The van der Waals surface area contributed by atoms with E-state index < -0.39 is 10.0 Å². The number of nitrogens with one attached hydrogen (secondary N) is 1. The van der Waals surface area contributed by atoms with Crippen molar-refractivity contribution in [1.82, 2.24) is 4.72 Å². The zero-order valence-electron chi connectivity index (χ0n) is 8.33. The van der Waals surface area contributed by atoms with Gasteiger partial charge >= 0.3 is 0 Å². The maximum Gasteiger partial charge on any atom is 0.211 e. The second-order valence-electron chi connectivity index (χ2n) is 3.13. The molecule has 84 valence electrons. The molecule has 0 radical (unpaired) electrons. The third kappa shape index (κ3) is 3.70. The van der Waals surface area contributed by atoms with Crippen molar-refractivity contribution in [2.24, 2.45) is 0 Å². The predicted octanol–water partition coefficient (Wildman–Crippen LogP) is 1.01. The molecule has 0 bridgehead atoms. The van der Waals surface area contributed by atoms with Gasteiger partial charge in [-0.15, -0.1) is 0 Å². The molecule has 0 amide bonds. The summed E-state index contributed by atoms with van der Waals surface area (Å²) in [6, 6.07) is 5.12. The molecule has 0 unspecified atom stereocenters. The fourth-order valence-electron chi connectivity index (χ4n) is 1.08. The van der Waals surface area contributed by atoms with Crippen molar-refractivity contribution < 1.29 is 8.42 Å². The van der Waals surface area contributed by atoms with Crippen LogP contribution in [0.5, 0.6) is 0 Å². The number of hydrogen-bond donors (Lipinski definition) is 2. The summed E-state index contributed by atoms with van der Waals surface area (Å²) in [5, 5.41) is 0.453. The van der Waals surface area contributed by atoms with Gasteiger partial charge in [0, 0.05) is 0 Å². The minimum Gasteiger partial charge on any atom is -0.398 e. The average molecular weight is 249 g/mol. The van der Waals surface area contributed by atoms with Gasteiger partial charge < -0.3 is 5.73 Å². The van der Waals surface area contributed by atoms with Crippen LogP contribution in [-0.4, -0.2) is 21.2 Å². The number of halogens is 1. The van der Waals surface area contributed by atoms with Crippen molar-refractivity contribution >= 4 is 27.3 Å². The van der Waals surface area contributed by atoms with Crippen LogP contribution in [0, 0.1) is 0 Å². The molecule has 0 saturated heterocycles. The van der Waals surface area contributed by atoms with E-state index in [0.717, 1.165) is 5.56 Å². The Balaban J connectivity index is 2.71. The lowest BCUT2D eigenvalue weighted by Crippen LogP contribution is -2.23. The molecule has 0 saturated carbocycles. The summed E-state index contributed by atoms with van der Waals surface area (Å²) in [5.74, 6) is 0.0454. The third-order valence-electron chi connectivity index (χ3n) is 2.04. The molecule has 1 aromatic rings. The summed E-state index contributed by atoms with van der Waals surface area (Å²) >= 11 is 5.81. The van der Waals surface area contributed by atoms with Crippen LogP contribution in [0.25, 0.3) is 0 Å². The van der Waals surface area contributed by atoms with Crippen LogP contribution in [0.4, 0.5) is 5.69 Å². The lowest BCUT2D eigenvalue weighted by molar-refractivity contribution is 0.587. The summed E-state index contributed by atoms with van der Waals surface area (Å²) in [5.41, 5.74) is 6.89. The molecule has 1 rings (SSSR count). The Morgan fingerprint density at radius 1 is 1.47 bits per heavy atom. The number of nitrogens with two attached hydrogens (primary N) is 1. The van der Waals surface area contributed by atoms with E-state index >= 15 is 0 Å². The molecule has 6 heteroatoms. The van der Waals surface area contributed by atoms with Crippen LogP contribution < -0.4 is 10.5 Å². The lowest BCUT2D eigenvalue weighted by atomic mass is 10.1. The summed E-state index contributed by atoms with van der Waals surface area (Å²) < 4.78 is 24.6. The van der Waals surface area contributed by atoms with Crippen LogP contribution in [0.2, 0.25) is 5.02 Å². The van der Waals surface area contributed by atoms with E-state index in [1.807, 2.05) is 0 Å². The SMILES string of the molecule is CNS(=O)(=O)CCc1ccc(N)c(Cl)c1. The highest BCUT2D eigenvalue weighted by atomic mass is 35.5. The summed E-state index contributed by atoms with van der Waals surface area (Å²) in [6.45, 7) is 0. The first-order chi connectivity index (χ1) is 6.94. The number of aryl methyl sites for hydroxylation is 1. The zero-order chi connectivity index (χ0) is 11.5. The number of rotatable bonds is 4. The molecule has 0 atom stereocenters. The Kier molecular flexibility index (Phi) is 3.96. The van der Waals surface area contributed by atoms with Crippen molar-refractivity contribution in [3.63, 3.8) is 0 Å². The minimum atomic E-state index is -3.16. The molecule has 1 aromatic carbocycles. The predicted molar refractivity (Wildman–Crippen MR) is 62.4 cm³/mol. The first-order valence-electron chi connectivity index (χ1n) is 4.40. The van der Waals surface area contributed by atoms with Crippen LogP contribution in [0.15, 0.2) is 18.2 Å². The number of hydrogen-bond acceptors (Lipinski definition) is 3. The van der Waals surface area contributed by atoms with Gasteiger partial charge in [-0.05, 0) is 31.2 Å². The second kappa shape index (κ2) is 4.83. The first-order valence-corrected chi connectivity index (χ1v) is 6.43. The smallest absolute Gasteiger partial charge is 0.211 e. The molecule has 0 aromatic heterocycles. The third-order valence-corrected chi connectivity index (χ3v) is 3.73. The van der Waals surface area contributed by atoms with E-state index in [4.69, 9.17) is 17.3 Å². The standard InChI is InChI=1S/C9H13ClN2O2S/c1-12-15(13,14)5-4-7-2-3-9(11)8(10)6-7/h2-3,6,12H,4-5,11H2,1H3. The molecule has 0 aliphatic carbocycles. The van der Waals surface area contributed by atoms with E-state index in [9.17, 15) is 8.42 Å². The van der Waals surface area contributed by atoms with Crippen LogP contribution in [-0.2, 0) is 16.4 Å². The summed E-state index contributed by atoms with van der Waals surface area (Å²) in [6.07, 6.45) is 0.420. The Morgan fingerprint density at radius 2 is 2.13 bits per heavy atom. The molecule has 0 heterocycles. The van der Waals surface area contributed by atoms with Gasteiger partial charge in [-0.2, -0.15) is 0 Å². The maximum absolute atomic E-state index is 11.2. The highest BCUT2D eigenvalue weighted by molar-refractivity contribution is 7.89. The van der Waals surface area contributed by atoms with Gasteiger partial charge in [0.05, 0.1) is 16.5 Å². The van der Waals surface area contributed by atoms with Crippen molar-refractivity contribution in [1.29, 1.82) is 0 Å². The lowest BCUT2D eigenvalue weighted by Gasteiger charge is -2.04. The second-order valence-corrected chi connectivity index (χ2v) is 5.58. The molecule has 0 fully saturated rings. The molecule has 0 aliphatic heterocycles. The quantitative estimate of drug-likeness (QED) is 0.782. The Bertz CT molecular complexity index is 445. The number of sulfonamides is 1. The minimum absolute atomic E-state index is 0.0454. The fraction of sp³-hybridized carbons (Fsp3) is 0.333. The van der Waals surface area contributed by atoms with Crippen molar-refractivity contribution in [3.8, 4) is 0 Å². The highest BCUT2D eigenvalue weighted by Crippen LogP contribution is 2.19. The first kappa shape index (κ1) is 12.3. The maximum atomic E-state index is 11.2. The van der Waals surface area contributed by atoms with E-state index in [-0.39, 0.29) is 5.75 Å². The molecular weight excluding hydrogens is 236 g/mol. The van der Waals surface area contributed by atoms with Gasteiger partial charge in [-0.3, -0.25) is 0 Å². The van der Waals surface area contributed by atoms with Crippen LogP contribution in [0.3, 0.4) is 0 Å². The number of nitrogen functional groups attached to an aromatic ring is 1. The van der Waals surface area contributed by atoms with Gasteiger partial charge in [0.1, 0.15) is 0 Å². The number of benzene rings is 1. The van der Waals surface area contributed by atoms with Crippen molar-refractivity contribution in [2.45, 2.75) is 6.42 Å². The van der Waals surface area contributed by atoms with Crippen LogP contribution in [0.1, 0.15) is 5.56 Å². The molecule has 4 nitrogen and oxygen atoms in total. The largest absolute Gasteiger partial charge is 0.398 e. The monoisotopic (exact) mass is 248 g/mol. The fourth-order valence-corrected chi connectivity index (χ4v) is 1.99. The van der Waals surface area contributed by atoms with E-state index in [2.05, 4.69) is 4.72 Å². The van der Waals surface area contributed by atoms with E-state index in [0.29, 0.717) is 17.1 Å². The van der Waals surface area contributed by atoms with Gasteiger partial charge in [0.2, 0.25) is 10.0 Å². The highest BCUT2D eigenvalue weighted by Gasteiger charge is 2.07. The number of anilines is 1. The summed E-state index contributed by atoms with van der Waals surface area (Å²) in [4.78, 5) is 0. The zero-order valence-corrected chi connectivity index (χ0v) is 9.90. The van der Waals surface area contributed by atoms with Crippen molar-refractivity contribution in [2.75, 3.05) is 18.5 Å². The Labute approximate surface area is 94.5 Å². The van der Waals surface area contributed by atoms with Gasteiger partial charge in [0.15, 0.2) is 0 Å². The van der Waals surface area contributed by atoms with Crippen molar-refractivity contribution in [3.05, 3.63) is 28.8 Å². The molecular formula is C9H13ClN2O2S. The molecule has 0 spiro atoms. The Morgan fingerprint density at radius 3 is 2.67 bits per heavy atom. The topological polar surface area (TPSA) is 72.2 Å². The van der Waals surface area contributed by atoms with Gasteiger partial charge in [-0.25, -0.2) is 13.1 Å². The van der Waals surface area contributed by atoms with Gasteiger partial charge in [0.25, 0.3) is 0 Å². The molecule has 0 aliphatic rings. The van der Waals surface area contributed by atoms with Gasteiger partial charge in [-0.1, -0.05) is 17.7 Å². The normalized spacial score (nSPS) is 11.6. The van der Waals surface area contributed by atoms with E-state index in [1.165, 1.54) is 7.05 Å². The summed E-state index contributed by atoms with van der Waals surface area (Å²) in [7, 11) is -1.77. The molecule has 3 N–H and O–H groups in total. The average Bonchev–Trinajstić information content (AvgIpc) is 2.20. The van der Waals surface area contributed by atoms with E-state index in [1.54, 1.807) is 18.2 Å². The van der Waals surface area contributed by atoms with Crippen LogP contribution >= 0.6 is 11.6 Å².